The topological polar surface area (TPSA) is 60.7 Å². The normalized spacial score (nSPS) is 13.9. The molecule has 15 heavy (non-hydrogen) atoms. The Hall–Kier alpha value is -0.900. The molecule has 0 aliphatic rings. The van der Waals surface area contributed by atoms with Gasteiger partial charge in [0.25, 0.3) is 0 Å². The van der Waals surface area contributed by atoms with Crippen molar-refractivity contribution in [1.29, 1.82) is 0 Å². The van der Waals surface area contributed by atoms with Gasteiger partial charge in [-0.15, -0.1) is 0 Å². The van der Waals surface area contributed by atoms with Crippen molar-refractivity contribution in [3.8, 4) is 0 Å². The third-order valence-electron chi connectivity index (χ3n) is 2.17. The molecule has 0 aliphatic carbocycles. The Balaban J connectivity index is 2.72. The molecule has 3 nitrogen and oxygen atoms in total. The fourth-order valence-corrected chi connectivity index (χ4v) is 1.46. The zero-order valence-corrected chi connectivity index (χ0v) is 9.14. The molecule has 0 aliphatic heterocycles. The molecule has 0 fully saturated rings. The Morgan fingerprint density at radius 2 is 1.73 bits per heavy atom. The molecule has 0 saturated carbocycles. The van der Waals surface area contributed by atoms with Crippen LogP contribution in [0.25, 0.3) is 0 Å². The average Bonchev–Trinajstić information content (AvgIpc) is 2.15. The van der Waals surface area contributed by atoms with Crippen LogP contribution in [0.15, 0.2) is 24.3 Å². The third-order valence-corrected chi connectivity index (χ3v) is 2.17. The molecule has 1 unspecified atom stereocenters. The fourth-order valence-electron chi connectivity index (χ4n) is 1.46. The van der Waals surface area contributed by atoms with E-state index in [2.05, 4.69) is 0 Å². The molecule has 0 heterocycles. The smallest absolute Gasteiger partial charge is 0.102 e. The Bertz CT molecular complexity index is 298. The van der Waals surface area contributed by atoms with Gasteiger partial charge in [-0.3, -0.25) is 0 Å². The van der Waals surface area contributed by atoms with Crippen molar-refractivity contribution >= 4 is 0 Å². The summed E-state index contributed by atoms with van der Waals surface area (Å²) in [6.45, 7) is 3.23. The van der Waals surface area contributed by atoms with Gasteiger partial charge < -0.3 is 15.3 Å². The lowest BCUT2D eigenvalue weighted by Gasteiger charge is -2.17. The quantitative estimate of drug-likeness (QED) is 0.695. The van der Waals surface area contributed by atoms with Gasteiger partial charge in [-0.1, -0.05) is 24.3 Å². The van der Waals surface area contributed by atoms with Crippen molar-refractivity contribution in [2.75, 3.05) is 6.61 Å². The average molecular weight is 210 g/mol. The number of benzene rings is 1. The summed E-state index contributed by atoms with van der Waals surface area (Å²) in [6, 6.07) is 7.24. The first-order valence-electron chi connectivity index (χ1n) is 5.02. The molecule has 84 valence electrons. The highest BCUT2D eigenvalue weighted by atomic mass is 16.3. The fraction of sp³-hybridized carbons (Fsp3) is 0.500. The molecule has 3 N–H and O–H groups in total. The van der Waals surface area contributed by atoms with Gasteiger partial charge in [0.15, 0.2) is 0 Å². The van der Waals surface area contributed by atoms with Crippen molar-refractivity contribution in [1.82, 2.24) is 0 Å². The molecule has 0 amide bonds. The maximum absolute atomic E-state index is 9.61. The molecule has 0 aromatic heterocycles. The standard InChI is InChI=1S/C12H18O3/c1-12(2,15)7-9-3-5-10(6-4-9)11(14)8-13/h3-6,11,13-15H,7-8H2,1-2H3. The van der Waals surface area contributed by atoms with E-state index in [0.717, 1.165) is 5.56 Å². The molecule has 3 heteroatoms. The van der Waals surface area contributed by atoms with E-state index < -0.39 is 11.7 Å². The van der Waals surface area contributed by atoms with Crippen molar-refractivity contribution < 1.29 is 15.3 Å². The van der Waals surface area contributed by atoms with E-state index in [9.17, 15) is 10.2 Å². The molecule has 1 aromatic rings. The first kappa shape index (κ1) is 12.2. The minimum absolute atomic E-state index is 0.273. The van der Waals surface area contributed by atoms with E-state index in [1.54, 1.807) is 26.0 Å². The van der Waals surface area contributed by atoms with Crippen LogP contribution in [-0.2, 0) is 6.42 Å². The van der Waals surface area contributed by atoms with Gasteiger partial charge in [0.2, 0.25) is 0 Å². The number of aliphatic hydroxyl groups excluding tert-OH is 2. The van der Waals surface area contributed by atoms with Crippen molar-refractivity contribution in [3.63, 3.8) is 0 Å². The molecule has 0 bridgehead atoms. The van der Waals surface area contributed by atoms with Crippen LogP contribution in [0.1, 0.15) is 31.1 Å². The summed E-state index contributed by atoms with van der Waals surface area (Å²) in [5.74, 6) is 0. The van der Waals surface area contributed by atoms with Gasteiger partial charge in [-0.25, -0.2) is 0 Å². The number of rotatable bonds is 4. The van der Waals surface area contributed by atoms with Gasteiger partial charge >= 0.3 is 0 Å². The summed E-state index contributed by atoms with van der Waals surface area (Å²) < 4.78 is 0. The van der Waals surface area contributed by atoms with Crippen LogP contribution in [0, 0.1) is 0 Å². The Morgan fingerprint density at radius 1 is 1.20 bits per heavy atom. The number of aliphatic hydroxyl groups is 3. The molecule has 1 atom stereocenters. The number of hydrogen-bond acceptors (Lipinski definition) is 3. The van der Waals surface area contributed by atoms with Crippen LogP contribution in [-0.4, -0.2) is 27.5 Å². The first-order chi connectivity index (χ1) is 6.92. The zero-order chi connectivity index (χ0) is 11.5. The zero-order valence-electron chi connectivity index (χ0n) is 9.14. The summed E-state index contributed by atoms with van der Waals surface area (Å²) in [4.78, 5) is 0. The van der Waals surface area contributed by atoms with Crippen LogP contribution < -0.4 is 0 Å². The van der Waals surface area contributed by atoms with Crippen LogP contribution in [0.2, 0.25) is 0 Å². The maximum Gasteiger partial charge on any atom is 0.102 e. The predicted octanol–water partition coefficient (Wildman–Crippen LogP) is 1.03. The minimum atomic E-state index is -0.818. The lowest BCUT2D eigenvalue weighted by Crippen LogP contribution is -2.21. The summed E-state index contributed by atoms with van der Waals surface area (Å²) in [5.41, 5.74) is 0.977. The summed E-state index contributed by atoms with van der Waals surface area (Å²) in [5, 5.41) is 27.7. The second-order valence-corrected chi connectivity index (χ2v) is 4.43. The third kappa shape index (κ3) is 4.00. The predicted molar refractivity (Wildman–Crippen MR) is 58.5 cm³/mol. The minimum Gasteiger partial charge on any atom is -0.393 e. The lowest BCUT2D eigenvalue weighted by molar-refractivity contribution is 0.0809. The number of hydrogen-bond donors (Lipinski definition) is 3. The Kier molecular flexibility index (Phi) is 3.85. The first-order valence-corrected chi connectivity index (χ1v) is 5.02. The Labute approximate surface area is 90.0 Å². The lowest BCUT2D eigenvalue weighted by atomic mass is 9.97. The van der Waals surface area contributed by atoms with Gasteiger partial charge in [0, 0.05) is 6.42 Å². The summed E-state index contributed by atoms with van der Waals surface area (Å²) >= 11 is 0. The van der Waals surface area contributed by atoms with Gasteiger partial charge in [0.05, 0.1) is 12.2 Å². The SMILES string of the molecule is CC(C)(O)Cc1ccc(C(O)CO)cc1. The summed E-state index contributed by atoms with van der Waals surface area (Å²) in [6.07, 6.45) is -0.246. The van der Waals surface area contributed by atoms with E-state index in [1.807, 2.05) is 12.1 Å². The van der Waals surface area contributed by atoms with Crippen LogP contribution in [0.3, 0.4) is 0 Å². The highest BCUT2D eigenvalue weighted by molar-refractivity contribution is 5.25. The van der Waals surface area contributed by atoms with Crippen LogP contribution >= 0.6 is 0 Å². The molecule has 0 saturated heterocycles. The Morgan fingerprint density at radius 3 is 2.13 bits per heavy atom. The largest absolute Gasteiger partial charge is 0.393 e. The molecular formula is C12H18O3. The van der Waals surface area contributed by atoms with Crippen molar-refractivity contribution in [2.24, 2.45) is 0 Å². The maximum atomic E-state index is 9.61. The van der Waals surface area contributed by atoms with Gasteiger partial charge in [0.1, 0.15) is 6.10 Å². The van der Waals surface area contributed by atoms with Gasteiger partial charge in [-0.05, 0) is 25.0 Å². The van der Waals surface area contributed by atoms with E-state index in [0.29, 0.717) is 12.0 Å². The molecule has 0 spiro atoms. The second-order valence-electron chi connectivity index (χ2n) is 4.43. The van der Waals surface area contributed by atoms with E-state index in [-0.39, 0.29) is 6.61 Å². The van der Waals surface area contributed by atoms with Crippen molar-refractivity contribution in [2.45, 2.75) is 32.0 Å². The van der Waals surface area contributed by atoms with E-state index in [4.69, 9.17) is 5.11 Å². The highest BCUT2D eigenvalue weighted by Gasteiger charge is 2.13. The van der Waals surface area contributed by atoms with Gasteiger partial charge in [-0.2, -0.15) is 0 Å². The van der Waals surface area contributed by atoms with Crippen molar-refractivity contribution in [3.05, 3.63) is 35.4 Å². The van der Waals surface area contributed by atoms with Crippen LogP contribution in [0.4, 0.5) is 0 Å². The second kappa shape index (κ2) is 4.75. The molecule has 0 radical (unpaired) electrons. The highest BCUT2D eigenvalue weighted by Crippen LogP contribution is 2.16. The van der Waals surface area contributed by atoms with Crippen LogP contribution in [0.5, 0.6) is 0 Å². The van der Waals surface area contributed by atoms with E-state index in [1.165, 1.54) is 0 Å². The summed E-state index contributed by atoms with van der Waals surface area (Å²) in [7, 11) is 0. The van der Waals surface area contributed by atoms with E-state index >= 15 is 0 Å². The molecule has 1 rings (SSSR count). The molecular weight excluding hydrogens is 192 g/mol. The monoisotopic (exact) mass is 210 g/mol. The molecule has 1 aromatic carbocycles.